The van der Waals surface area contributed by atoms with E-state index >= 15 is 0 Å². The van der Waals surface area contributed by atoms with E-state index in [9.17, 15) is 9.59 Å². The van der Waals surface area contributed by atoms with E-state index in [1.807, 2.05) is 36.4 Å². The van der Waals surface area contributed by atoms with Gasteiger partial charge in [0.15, 0.2) is 0 Å². The van der Waals surface area contributed by atoms with Crippen molar-refractivity contribution in [3.8, 4) is 11.3 Å². The number of carbonyl (C=O) groups excluding carboxylic acids is 2. The van der Waals surface area contributed by atoms with Crippen molar-refractivity contribution in [1.82, 2.24) is 20.1 Å². The first-order valence-electron chi connectivity index (χ1n) is 16.0. The monoisotopic (exact) mass is 606 g/mol. The molecule has 4 aromatic rings. The van der Waals surface area contributed by atoms with Crippen LogP contribution >= 0.6 is 0 Å². The molecular formula is C36H42N6O3. The van der Waals surface area contributed by atoms with Gasteiger partial charge in [-0.05, 0) is 80.3 Å². The van der Waals surface area contributed by atoms with Gasteiger partial charge < -0.3 is 21.1 Å². The Bertz CT molecular complexity index is 1760. The number of amides is 2. The number of pyridine rings is 1. The molecule has 2 aliphatic rings. The molecule has 234 valence electrons. The Morgan fingerprint density at radius 3 is 2.84 bits per heavy atom. The lowest BCUT2D eigenvalue weighted by Crippen LogP contribution is -2.39. The van der Waals surface area contributed by atoms with Crippen molar-refractivity contribution in [2.45, 2.75) is 77.3 Å². The fourth-order valence-electron chi connectivity index (χ4n) is 6.66. The van der Waals surface area contributed by atoms with Crippen LogP contribution in [0.2, 0.25) is 0 Å². The van der Waals surface area contributed by atoms with Crippen LogP contribution in [-0.4, -0.2) is 45.8 Å². The molecule has 0 radical (unpaired) electrons. The zero-order valence-corrected chi connectivity index (χ0v) is 26.3. The molecule has 2 bridgehead atoms. The summed E-state index contributed by atoms with van der Waals surface area (Å²) in [6, 6.07) is 13.7. The first kappa shape index (κ1) is 30.5. The highest BCUT2D eigenvalue weighted by molar-refractivity contribution is 6.07. The molecule has 9 nitrogen and oxygen atoms in total. The van der Waals surface area contributed by atoms with Crippen LogP contribution in [0.1, 0.15) is 91.4 Å². The highest BCUT2D eigenvalue weighted by atomic mass is 16.5. The summed E-state index contributed by atoms with van der Waals surface area (Å²) in [5, 5.41) is 12.2. The van der Waals surface area contributed by atoms with Crippen LogP contribution in [0.3, 0.4) is 0 Å². The second-order valence-electron chi connectivity index (χ2n) is 12.5. The largest absolute Gasteiger partial charge is 0.383 e. The van der Waals surface area contributed by atoms with Crippen molar-refractivity contribution >= 4 is 40.3 Å². The van der Waals surface area contributed by atoms with Gasteiger partial charge in [0.05, 0.1) is 30.2 Å². The molecule has 1 aliphatic carbocycles. The van der Waals surface area contributed by atoms with Crippen molar-refractivity contribution in [1.29, 1.82) is 0 Å². The molecular weight excluding hydrogens is 564 g/mol. The van der Waals surface area contributed by atoms with Crippen LogP contribution in [0.4, 0.5) is 11.5 Å². The third-order valence-corrected chi connectivity index (χ3v) is 8.89. The van der Waals surface area contributed by atoms with E-state index in [0.29, 0.717) is 49.0 Å². The molecule has 0 spiro atoms. The Labute approximate surface area is 264 Å². The van der Waals surface area contributed by atoms with Crippen LogP contribution in [-0.2, 0) is 9.53 Å². The molecule has 2 aromatic heterocycles. The number of nitrogens with one attached hydrogen (secondary N) is 2. The van der Waals surface area contributed by atoms with Crippen LogP contribution in [0.25, 0.3) is 28.2 Å². The molecule has 9 heteroatoms. The van der Waals surface area contributed by atoms with Gasteiger partial charge in [0.1, 0.15) is 11.5 Å². The predicted molar refractivity (Wildman–Crippen MR) is 179 cm³/mol. The van der Waals surface area contributed by atoms with Crippen molar-refractivity contribution in [3.05, 3.63) is 77.0 Å². The fourth-order valence-corrected chi connectivity index (χ4v) is 6.66. The van der Waals surface area contributed by atoms with Gasteiger partial charge in [0.2, 0.25) is 5.91 Å². The normalized spacial score (nSPS) is 19.9. The van der Waals surface area contributed by atoms with E-state index in [1.54, 1.807) is 6.20 Å². The minimum atomic E-state index is -0.193. The Morgan fingerprint density at radius 1 is 1.16 bits per heavy atom. The van der Waals surface area contributed by atoms with Gasteiger partial charge in [-0.2, -0.15) is 5.10 Å². The van der Waals surface area contributed by atoms with E-state index < -0.39 is 0 Å². The molecule has 4 N–H and O–H groups in total. The van der Waals surface area contributed by atoms with Gasteiger partial charge in [0, 0.05) is 41.0 Å². The lowest BCUT2D eigenvalue weighted by atomic mass is 9.90. The van der Waals surface area contributed by atoms with Crippen molar-refractivity contribution in [2.75, 3.05) is 24.3 Å². The molecule has 2 aromatic carbocycles. The van der Waals surface area contributed by atoms with Crippen molar-refractivity contribution in [2.24, 2.45) is 0 Å². The molecule has 3 heterocycles. The van der Waals surface area contributed by atoms with Crippen molar-refractivity contribution in [3.63, 3.8) is 0 Å². The maximum Gasteiger partial charge on any atom is 0.255 e. The van der Waals surface area contributed by atoms with Crippen LogP contribution in [0.5, 0.6) is 0 Å². The predicted octanol–water partition coefficient (Wildman–Crippen LogP) is 6.79. The highest BCUT2D eigenvalue weighted by Gasteiger charge is 2.29. The maximum absolute atomic E-state index is 13.4. The van der Waals surface area contributed by atoms with Gasteiger partial charge in [-0.25, -0.2) is 4.98 Å². The third-order valence-electron chi connectivity index (χ3n) is 8.89. The standard InChI is InChI=1S/C36H42N6O3/c1-22(2)30-14-13-28(18-23(30)3)40-36(44)25-10-6-9-24(19-25)33-32-34-26(21-38-35(32)37)8-4-5-16-45-17-15-31(43)39-27-11-7-12-29(20-27)42(34)41-33/h4,6,8-10,13-14,18-19,21-22,27,29H,5,7,11-12,15-17,20H2,1-3H3,(H2,37,38)(H,39,43)(H,40,44)/b8-4+/t27-,29-/m1/s1. The number of nitrogens with two attached hydrogens (primary N) is 1. The second-order valence-corrected chi connectivity index (χ2v) is 12.5. The zero-order valence-electron chi connectivity index (χ0n) is 26.3. The highest BCUT2D eigenvalue weighted by Crippen LogP contribution is 2.39. The average Bonchev–Trinajstić information content (AvgIpc) is 3.43. The van der Waals surface area contributed by atoms with Crippen molar-refractivity contribution < 1.29 is 14.3 Å². The number of fused-ring (bicyclic) bond motifs is 3. The first-order chi connectivity index (χ1) is 21.8. The third kappa shape index (κ3) is 6.63. The summed E-state index contributed by atoms with van der Waals surface area (Å²) < 4.78 is 7.78. The summed E-state index contributed by atoms with van der Waals surface area (Å²) in [6.45, 7) is 7.34. The summed E-state index contributed by atoms with van der Waals surface area (Å²) in [4.78, 5) is 30.6. The summed E-state index contributed by atoms with van der Waals surface area (Å²) in [5.41, 5.74) is 13.6. The van der Waals surface area contributed by atoms with Crippen LogP contribution in [0, 0.1) is 6.92 Å². The summed E-state index contributed by atoms with van der Waals surface area (Å²) in [5.74, 6) is 0.631. The quantitative estimate of drug-likeness (QED) is 0.235. The molecule has 1 fully saturated rings. The minimum absolute atomic E-state index is 0.0207. The molecule has 45 heavy (non-hydrogen) atoms. The number of nitrogens with zero attached hydrogens (tertiary/aromatic N) is 3. The lowest BCUT2D eigenvalue weighted by molar-refractivity contribution is -0.123. The number of hydrogen-bond donors (Lipinski definition) is 3. The second kappa shape index (κ2) is 13.2. The number of benzene rings is 2. The van der Waals surface area contributed by atoms with E-state index in [2.05, 4.69) is 59.3 Å². The van der Waals surface area contributed by atoms with Crippen LogP contribution < -0.4 is 16.4 Å². The number of aryl methyl sites for hydroxylation is 1. The number of hydrogen-bond acceptors (Lipinski definition) is 6. The smallest absolute Gasteiger partial charge is 0.255 e. The van der Waals surface area contributed by atoms with Gasteiger partial charge in [-0.15, -0.1) is 0 Å². The Morgan fingerprint density at radius 2 is 2.02 bits per heavy atom. The van der Waals surface area contributed by atoms with E-state index in [4.69, 9.17) is 15.6 Å². The maximum atomic E-state index is 13.4. The summed E-state index contributed by atoms with van der Waals surface area (Å²) in [6.07, 6.45) is 10.6. The SMILES string of the molecule is Cc1cc(NC(=O)c2cccc(-c3nn4c5c(cnc(N)c35)/C=C/CCOCCC(=O)N[C@@H]3CCC[C@@H]4C3)c2)ccc1C(C)C. The topological polar surface area (TPSA) is 124 Å². The number of rotatable bonds is 4. The Hall–Kier alpha value is -4.50. The van der Waals surface area contributed by atoms with Gasteiger partial charge in [-0.1, -0.05) is 44.2 Å². The van der Waals surface area contributed by atoms with E-state index in [0.717, 1.165) is 59.0 Å². The molecule has 2 amide bonds. The molecule has 6 rings (SSSR count). The number of anilines is 2. The lowest BCUT2D eigenvalue weighted by Gasteiger charge is -2.30. The molecule has 1 aliphatic heterocycles. The number of carbonyl (C=O) groups is 2. The molecule has 0 saturated heterocycles. The zero-order chi connectivity index (χ0) is 31.5. The van der Waals surface area contributed by atoms with Crippen LogP contribution in [0.15, 0.2) is 54.7 Å². The van der Waals surface area contributed by atoms with E-state index in [-0.39, 0.29) is 23.9 Å². The minimum Gasteiger partial charge on any atom is -0.383 e. The Balaban J connectivity index is 1.39. The fraction of sp³-hybridized carbons (Fsp3) is 0.389. The number of nitrogen functional groups attached to an aromatic ring is 1. The first-order valence-corrected chi connectivity index (χ1v) is 16.0. The van der Waals surface area contributed by atoms with E-state index in [1.165, 1.54) is 5.56 Å². The van der Waals surface area contributed by atoms with Gasteiger partial charge in [0.25, 0.3) is 5.91 Å². The average molecular weight is 607 g/mol. The molecule has 0 unspecified atom stereocenters. The van der Waals surface area contributed by atoms with Gasteiger partial charge >= 0.3 is 0 Å². The van der Waals surface area contributed by atoms with Gasteiger partial charge in [-0.3, -0.25) is 14.3 Å². The number of ether oxygens (including phenoxy) is 1. The Kier molecular flexibility index (Phi) is 8.98. The summed E-state index contributed by atoms with van der Waals surface area (Å²) >= 11 is 0. The number of aromatic nitrogens is 3. The summed E-state index contributed by atoms with van der Waals surface area (Å²) in [7, 11) is 0. The molecule has 1 saturated carbocycles. The molecule has 2 atom stereocenters.